The van der Waals surface area contributed by atoms with Gasteiger partial charge in [0.05, 0.1) is 25.5 Å². The smallest absolute Gasteiger partial charge is 0.339 e. The number of benzene rings is 2. The van der Waals surface area contributed by atoms with E-state index in [0.717, 1.165) is 0 Å². The van der Waals surface area contributed by atoms with Crippen LogP contribution >= 0.6 is 47.0 Å². The average Bonchev–Trinajstić information content (AvgIpc) is 2.72. The molecule has 1 amide bonds. The number of anilines is 1. The zero-order valence-electron chi connectivity index (χ0n) is 15.9. The van der Waals surface area contributed by atoms with E-state index in [1.54, 1.807) is 48.5 Å². The van der Waals surface area contributed by atoms with Crippen LogP contribution in [0.25, 0.3) is 0 Å². The third kappa shape index (κ3) is 6.63. The number of thiocarbonyl (C=S) groups is 1. The lowest BCUT2D eigenvalue weighted by Crippen LogP contribution is -2.56. The van der Waals surface area contributed by atoms with Gasteiger partial charge in [-0.1, -0.05) is 46.9 Å². The molecule has 2 aromatic carbocycles. The van der Waals surface area contributed by atoms with Crippen molar-refractivity contribution in [1.29, 1.82) is 0 Å². The van der Waals surface area contributed by atoms with Gasteiger partial charge < -0.3 is 25.4 Å². The summed E-state index contributed by atoms with van der Waals surface area (Å²) in [5.41, 5.74) is 0.968. The molecular weight excluding hydrogens is 473 g/mol. The summed E-state index contributed by atoms with van der Waals surface area (Å²) in [5, 5.41) is 8.14. The van der Waals surface area contributed by atoms with Crippen molar-refractivity contribution in [2.24, 2.45) is 0 Å². The lowest BCUT2D eigenvalue weighted by atomic mass is 10.2. The Labute approximate surface area is 194 Å². The number of esters is 1. The highest BCUT2D eigenvalue weighted by molar-refractivity contribution is 7.80. The number of nitrogens with one attached hydrogen (secondary N) is 3. The van der Waals surface area contributed by atoms with Gasteiger partial charge in [-0.25, -0.2) is 4.79 Å². The molecule has 0 bridgehead atoms. The first-order valence-electron chi connectivity index (χ1n) is 8.42. The molecule has 0 aromatic heterocycles. The number of hydrogen-bond donors (Lipinski definition) is 3. The van der Waals surface area contributed by atoms with E-state index in [2.05, 4.69) is 16.0 Å². The van der Waals surface area contributed by atoms with Gasteiger partial charge in [-0.2, -0.15) is 0 Å². The number of carbonyl (C=O) groups excluding carboxylic acids is 2. The second-order valence-electron chi connectivity index (χ2n) is 5.81. The van der Waals surface area contributed by atoms with Crippen LogP contribution in [0.5, 0.6) is 5.75 Å². The van der Waals surface area contributed by atoms with Gasteiger partial charge in [-0.05, 0) is 48.6 Å². The molecule has 0 aliphatic rings. The van der Waals surface area contributed by atoms with E-state index in [4.69, 9.17) is 56.5 Å². The molecule has 0 fully saturated rings. The molecule has 30 heavy (non-hydrogen) atoms. The molecular formula is C19H18Cl3N3O4S. The summed E-state index contributed by atoms with van der Waals surface area (Å²) in [7, 11) is 2.79. The molecule has 2 rings (SSSR count). The first kappa shape index (κ1) is 24.0. The van der Waals surface area contributed by atoms with Crippen molar-refractivity contribution in [3.05, 3.63) is 59.7 Å². The van der Waals surface area contributed by atoms with Crippen LogP contribution in [0.15, 0.2) is 48.5 Å². The molecule has 1 atom stereocenters. The van der Waals surface area contributed by atoms with Crippen molar-refractivity contribution in [2.75, 3.05) is 19.5 Å². The summed E-state index contributed by atoms with van der Waals surface area (Å²) < 4.78 is 7.87. The third-order valence-electron chi connectivity index (χ3n) is 3.81. The highest BCUT2D eigenvalue weighted by Gasteiger charge is 2.35. The topological polar surface area (TPSA) is 88.7 Å². The highest BCUT2D eigenvalue weighted by Crippen LogP contribution is 2.29. The minimum atomic E-state index is -1.93. The molecule has 11 heteroatoms. The quantitative estimate of drug-likeness (QED) is 0.245. The number of ether oxygens (including phenoxy) is 2. The first-order chi connectivity index (χ1) is 14.2. The Balaban J connectivity index is 2.12. The van der Waals surface area contributed by atoms with E-state index >= 15 is 0 Å². The summed E-state index contributed by atoms with van der Waals surface area (Å²) >= 11 is 23.3. The van der Waals surface area contributed by atoms with E-state index in [1.807, 2.05) is 0 Å². The number of methoxy groups -OCH3 is 2. The lowest BCUT2D eigenvalue weighted by molar-refractivity contribution is 0.0601. The minimum absolute atomic E-state index is 0.0118. The SMILES string of the molecule is COC(=O)c1ccccc1NC(=S)NC(NC(=O)c1ccc(OC)cc1)C(Cl)(Cl)Cl. The van der Waals surface area contributed by atoms with Crippen LogP contribution in [0.2, 0.25) is 0 Å². The van der Waals surface area contributed by atoms with Crippen molar-refractivity contribution in [1.82, 2.24) is 10.6 Å². The fraction of sp³-hybridized carbons (Fsp3) is 0.211. The summed E-state index contributed by atoms with van der Waals surface area (Å²) in [4.78, 5) is 24.4. The predicted molar refractivity (Wildman–Crippen MR) is 122 cm³/mol. The number of para-hydroxylation sites is 1. The van der Waals surface area contributed by atoms with Gasteiger partial charge in [-0.3, -0.25) is 4.79 Å². The molecule has 160 valence electrons. The molecule has 0 aliphatic heterocycles. The first-order valence-corrected chi connectivity index (χ1v) is 9.96. The molecule has 7 nitrogen and oxygen atoms in total. The maximum Gasteiger partial charge on any atom is 0.339 e. The summed E-state index contributed by atoms with van der Waals surface area (Å²) in [6.45, 7) is 0. The van der Waals surface area contributed by atoms with Gasteiger partial charge in [0.1, 0.15) is 11.9 Å². The van der Waals surface area contributed by atoms with Crippen molar-refractivity contribution < 1.29 is 19.1 Å². The number of amides is 1. The van der Waals surface area contributed by atoms with E-state index < -0.39 is 21.8 Å². The molecule has 0 heterocycles. The predicted octanol–water partition coefficient (Wildman–Crippen LogP) is 3.89. The average molecular weight is 491 g/mol. The standard InChI is InChI=1S/C19H18Cl3N3O4S/c1-28-12-9-7-11(8-10-12)15(26)24-17(19(20,21)22)25-18(30)23-14-6-4-3-5-13(14)16(27)29-2/h3-10,17H,1-2H3,(H,24,26)(H2,23,25,30). The van der Waals surface area contributed by atoms with E-state index in [1.165, 1.54) is 14.2 Å². The summed E-state index contributed by atoms with van der Waals surface area (Å²) in [5.74, 6) is -0.455. The fourth-order valence-corrected chi connectivity index (χ4v) is 2.88. The zero-order valence-corrected chi connectivity index (χ0v) is 19.0. The molecule has 2 aromatic rings. The van der Waals surface area contributed by atoms with Crippen molar-refractivity contribution in [2.45, 2.75) is 9.96 Å². The molecule has 3 N–H and O–H groups in total. The second kappa shape index (κ2) is 10.7. The molecule has 0 radical (unpaired) electrons. The van der Waals surface area contributed by atoms with Crippen LogP contribution in [-0.4, -0.2) is 41.2 Å². The molecule has 0 saturated heterocycles. The van der Waals surface area contributed by atoms with Crippen LogP contribution in [-0.2, 0) is 4.74 Å². The Morgan fingerprint density at radius 1 is 1.00 bits per heavy atom. The Bertz CT molecular complexity index is 920. The monoisotopic (exact) mass is 489 g/mol. The highest BCUT2D eigenvalue weighted by atomic mass is 35.6. The number of carbonyl (C=O) groups is 2. The molecule has 0 spiro atoms. The van der Waals surface area contributed by atoms with Crippen LogP contribution < -0.4 is 20.7 Å². The van der Waals surface area contributed by atoms with Crippen LogP contribution in [0.4, 0.5) is 5.69 Å². The van der Waals surface area contributed by atoms with Gasteiger partial charge in [0, 0.05) is 5.56 Å². The molecule has 0 saturated carbocycles. The van der Waals surface area contributed by atoms with Gasteiger partial charge in [-0.15, -0.1) is 0 Å². The molecule has 0 aliphatic carbocycles. The van der Waals surface area contributed by atoms with Gasteiger partial charge in [0.2, 0.25) is 3.79 Å². The number of alkyl halides is 3. The van der Waals surface area contributed by atoms with Crippen LogP contribution in [0.1, 0.15) is 20.7 Å². The van der Waals surface area contributed by atoms with E-state index in [0.29, 0.717) is 17.0 Å². The Morgan fingerprint density at radius 2 is 1.63 bits per heavy atom. The van der Waals surface area contributed by atoms with Crippen molar-refractivity contribution >= 4 is 69.7 Å². The Hall–Kier alpha value is -2.26. The maximum absolute atomic E-state index is 12.5. The summed E-state index contributed by atoms with van der Waals surface area (Å²) in [6.07, 6.45) is -1.18. The number of halogens is 3. The largest absolute Gasteiger partial charge is 0.497 e. The van der Waals surface area contributed by atoms with Crippen LogP contribution in [0, 0.1) is 0 Å². The Kier molecular flexibility index (Phi) is 8.54. The lowest BCUT2D eigenvalue weighted by Gasteiger charge is -2.28. The normalized spacial score (nSPS) is 11.8. The van der Waals surface area contributed by atoms with Gasteiger partial charge in [0.15, 0.2) is 5.11 Å². The molecule has 1 unspecified atom stereocenters. The van der Waals surface area contributed by atoms with Gasteiger partial charge in [0.25, 0.3) is 5.91 Å². The van der Waals surface area contributed by atoms with Crippen LogP contribution in [0.3, 0.4) is 0 Å². The van der Waals surface area contributed by atoms with E-state index in [9.17, 15) is 9.59 Å². The number of hydrogen-bond acceptors (Lipinski definition) is 5. The minimum Gasteiger partial charge on any atom is -0.497 e. The van der Waals surface area contributed by atoms with E-state index in [-0.39, 0.29) is 10.7 Å². The zero-order chi connectivity index (χ0) is 22.3. The maximum atomic E-state index is 12.5. The second-order valence-corrected chi connectivity index (χ2v) is 8.59. The number of rotatable bonds is 6. The van der Waals surface area contributed by atoms with Crippen molar-refractivity contribution in [3.8, 4) is 5.75 Å². The van der Waals surface area contributed by atoms with Crippen molar-refractivity contribution in [3.63, 3.8) is 0 Å². The fourth-order valence-electron chi connectivity index (χ4n) is 2.33. The summed E-state index contributed by atoms with van der Waals surface area (Å²) in [6, 6.07) is 12.9. The Morgan fingerprint density at radius 3 is 2.20 bits per heavy atom. The van der Waals surface area contributed by atoms with Gasteiger partial charge >= 0.3 is 5.97 Å². The third-order valence-corrected chi connectivity index (χ3v) is 4.69.